The molecule has 5 aromatic carbocycles. The quantitative estimate of drug-likeness (QED) is 0.220. The lowest BCUT2D eigenvalue weighted by Crippen LogP contribution is -1.91. The third-order valence-corrected chi connectivity index (χ3v) is 5.14. The summed E-state index contributed by atoms with van der Waals surface area (Å²) in [6, 6.07) is 36.7. The molecule has 0 aliphatic rings. The number of hydrogen-bond acceptors (Lipinski definition) is 6. The highest BCUT2D eigenvalue weighted by Gasteiger charge is 2.08. The van der Waals surface area contributed by atoms with Gasteiger partial charge in [-0.25, -0.2) is 0 Å². The topological polar surface area (TPSA) is 89.0 Å². The molecule has 6 heteroatoms. The van der Waals surface area contributed by atoms with Crippen molar-refractivity contribution in [2.45, 2.75) is 0 Å². The van der Waals surface area contributed by atoms with Crippen molar-refractivity contribution in [3.05, 3.63) is 121 Å². The normalized spacial score (nSPS) is 10.4. The summed E-state index contributed by atoms with van der Waals surface area (Å²) in [5, 5.41) is 0. The molecule has 0 aliphatic carbocycles. The summed E-state index contributed by atoms with van der Waals surface area (Å²) >= 11 is 0. The van der Waals surface area contributed by atoms with E-state index < -0.39 is 0 Å². The van der Waals surface area contributed by atoms with E-state index in [1.54, 1.807) is 12.1 Å². The van der Waals surface area contributed by atoms with Gasteiger partial charge in [0, 0.05) is 23.5 Å². The van der Waals surface area contributed by atoms with E-state index >= 15 is 0 Å². The first kappa shape index (κ1) is 22.7. The van der Waals surface area contributed by atoms with Crippen LogP contribution < -0.4 is 30.4 Å². The molecule has 0 bridgehead atoms. The SMILES string of the molecule is Nc1cccc(Oc2ccc(Oc3ccccc3Oc3ccc(Oc4cccc(N)c4)cc3)cc2)c1. The van der Waals surface area contributed by atoms with E-state index in [-0.39, 0.29) is 0 Å². The van der Waals surface area contributed by atoms with Gasteiger partial charge >= 0.3 is 0 Å². The molecular formula is C30H24N2O4. The highest BCUT2D eigenvalue weighted by molar-refractivity contribution is 5.49. The van der Waals surface area contributed by atoms with E-state index in [4.69, 9.17) is 30.4 Å². The predicted molar refractivity (Wildman–Crippen MR) is 141 cm³/mol. The Kier molecular flexibility index (Phi) is 6.58. The fraction of sp³-hybridized carbons (Fsp3) is 0. The van der Waals surface area contributed by atoms with Gasteiger partial charge in [0.1, 0.15) is 34.5 Å². The minimum Gasteiger partial charge on any atom is -0.457 e. The van der Waals surface area contributed by atoms with E-state index in [0.29, 0.717) is 57.4 Å². The van der Waals surface area contributed by atoms with Gasteiger partial charge in [-0.3, -0.25) is 0 Å². The molecule has 5 aromatic rings. The van der Waals surface area contributed by atoms with Crippen LogP contribution in [0.4, 0.5) is 11.4 Å². The Hall–Kier alpha value is -5.10. The van der Waals surface area contributed by atoms with Gasteiger partial charge in [-0.15, -0.1) is 0 Å². The minimum absolute atomic E-state index is 0.585. The maximum Gasteiger partial charge on any atom is 0.169 e. The van der Waals surface area contributed by atoms with Crippen LogP contribution in [0.3, 0.4) is 0 Å². The molecule has 0 atom stereocenters. The molecule has 0 spiro atoms. The van der Waals surface area contributed by atoms with E-state index in [0.717, 1.165) is 0 Å². The molecule has 0 amide bonds. The molecule has 36 heavy (non-hydrogen) atoms. The zero-order chi connectivity index (χ0) is 24.7. The van der Waals surface area contributed by atoms with Gasteiger partial charge in [-0.2, -0.15) is 0 Å². The Morgan fingerprint density at radius 3 is 1.06 bits per heavy atom. The largest absolute Gasteiger partial charge is 0.457 e. The fourth-order valence-electron chi connectivity index (χ4n) is 3.45. The Labute approximate surface area is 209 Å². The Balaban J connectivity index is 1.24. The van der Waals surface area contributed by atoms with Gasteiger partial charge in [0.2, 0.25) is 0 Å². The summed E-state index contributed by atoms with van der Waals surface area (Å²) < 4.78 is 23.9. The highest BCUT2D eigenvalue weighted by Crippen LogP contribution is 2.36. The number of para-hydroxylation sites is 2. The van der Waals surface area contributed by atoms with E-state index in [1.165, 1.54) is 0 Å². The molecule has 178 valence electrons. The molecule has 4 N–H and O–H groups in total. The van der Waals surface area contributed by atoms with Crippen LogP contribution in [0.1, 0.15) is 0 Å². The number of nitrogen functional groups attached to an aromatic ring is 2. The van der Waals surface area contributed by atoms with Gasteiger partial charge in [-0.05, 0) is 84.9 Å². The van der Waals surface area contributed by atoms with Crippen LogP contribution in [0.15, 0.2) is 121 Å². The number of ether oxygens (including phenoxy) is 4. The summed E-state index contributed by atoms with van der Waals surface area (Å²) in [6.07, 6.45) is 0. The number of hydrogen-bond donors (Lipinski definition) is 2. The summed E-state index contributed by atoms with van der Waals surface area (Å²) in [5.41, 5.74) is 12.9. The van der Waals surface area contributed by atoms with Crippen molar-refractivity contribution < 1.29 is 18.9 Å². The van der Waals surface area contributed by atoms with Crippen molar-refractivity contribution in [2.75, 3.05) is 11.5 Å². The monoisotopic (exact) mass is 476 g/mol. The maximum atomic E-state index is 6.08. The van der Waals surface area contributed by atoms with Gasteiger partial charge < -0.3 is 30.4 Å². The van der Waals surface area contributed by atoms with Crippen LogP contribution in [0.25, 0.3) is 0 Å². The van der Waals surface area contributed by atoms with Crippen molar-refractivity contribution in [1.29, 1.82) is 0 Å². The number of benzene rings is 5. The fourth-order valence-corrected chi connectivity index (χ4v) is 3.45. The molecule has 0 saturated heterocycles. The Morgan fingerprint density at radius 1 is 0.333 bits per heavy atom. The second-order valence-corrected chi connectivity index (χ2v) is 7.94. The van der Waals surface area contributed by atoms with E-state index in [9.17, 15) is 0 Å². The molecule has 0 fully saturated rings. The lowest BCUT2D eigenvalue weighted by atomic mass is 10.3. The lowest BCUT2D eigenvalue weighted by molar-refractivity contribution is 0.417. The van der Waals surface area contributed by atoms with Crippen LogP contribution in [0.5, 0.6) is 46.0 Å². The maximum absolute atomic E-state index is 6.08. The molecular weight excluding hydrogens is 452 g/mol. The van der Waals surface area contributed by atoms with E-state index in [2.05, 4.69) is 0 Å². The zero-order valence-corrected chi connectivity index (χ0v) is 19.3. The molecule has 0 heterocycles. The van der Waals surface area contributed by atoms with Crippen LogP contribution >= 0.6 is 0 Å². The second-order valence-electron chi connectivity index (χ2n) is 7.94. The van der Waals surface area contributed by atoms with Crippen LogP contribution in [0.2, 0.25) is 0 Å². The summed E-state index contributed by atoms with van der Waals surface area (Å²) in [7, 11) is 0. The molecule has 0 saturated carbocycles. The first-order valence-corrected chi connectivity index (χ1v) is 11.3. The Morgan fingerprint density at radius 2 is 0.694 bits per heavy atom. The van der Waals surface area contributed by atoms with Crippen LogP contribution in [0, 0.1) is 0 Å². The Bertz CT molecular complexity index is 1340. The second kappa shape index (κ2) is 10.4. The third-order valence-electron chi connectivity index (χ3n) is 5.14. The molecule has 5 rings (SSSR count). The average Bonchev–Trinajstić information content (AvgIpc) is 2.88. The number of anilines is 2. The van der Waals surface area contributed by atoms with Crippen molar-refractivity contribution in [3.63, 3.8) is 0 Å². The first-order valence-electron chi connectivity index (χ1n) is 11.3. The summed E-state index contributed by atoms with van der Waals surface area (Å²) in [6.45, 7) is 0. The highest BCUT2D eigenvalue weighted by atomic mass is 16.5. The summed E-state index contributed by atoms with van der Waals surface area (Å²) in [4.78, 5) is 0. The van der Waals surface area contributed by atoms with Gasteiger partial charge in [0.05, 0.1) is 0 Å². The first-order chi connectivity index (χ1) is 17.6. The van der Waals surface area contributed by atoms with Crippen molar-refractivity contribution in [3.8, 4) is 46.0 Å². The number of rotatable bonds is 8. The van der Waals surface area contributed by atoms with Crippen molar-refractivity contribution in [1.82, 2.24) is 0 Å². The molecule has 0 aromatic heterocycles. The molecule has 0 radical (unpaired) electrons. The van der Waals surface area contributed by atoms with Gasteiger partial charge in [-0.1, -0.05) is 24.3 Å². The average molecular weight is 477 g/mol. The molecule has 0 unspecified atom stereocenters. The van der Waals surface area contributed by atoms with Gasteiger partial charge in [0.15, 0.2) is 11.5 Å². The van der Waals surface area contributed by atoms with Crippen molar-refractivity contribution >= 4 is 11.4 Å². The number of nitrogens with two attached hydrogens (primary N) is 2. The van der Waals surface area contributed by atoms with Crippen molar-refractivity contribution in [2.24, 2.45) is 0 Å². The van der Waals surface area contributed by atoms with Gasteiger partial charge in [0.25, 0.3) is 0 Å². The van der Waals surface area contributed by atoms with Crippen LogP contribution in [-0.2, 0) is 0 Å². The smallest absolute Gasteiger partial charge is 0.169 e. The third kappa shape index (κ3) is 5.87. The molecule has 6 nitrogen and oxygen atoms in total. The predicted octanol–water partition coefficient (Wildman–Crippen LogP) is 8.02. The van der Waals surface area contributed by atoms with Crippen LogP contribution in [-0.4, -0.2) is 0 Å². The molecule has 0 aliphatic heterocycles. The lowest BCUT2D eigenvalue weighted by Gasteiger charge is -2.13. The van der Waals surface area contributed by atoms with E-state index in [1.807, 2.05) is 109 Å². The summed E-state index contributed by atoms with van der Waals surface area (Å²) in [5.74, 6) is 5.17. The zero-order valence-electron chi connectivity index (χ0n) is 19.3. The standard InChI is InChI=1S/C30H24N2O4/c31-21-5-3-7-27(19-21)33-23-11-15-25(16-12-23)35-29-9-1-2-10-30(29)36-26-17-13-24(14-18-26)34-28-8-4-6-22(32)20-28/h1-20H,31-32H2. The minimum atomic E-state index is 0.585.